The van der Waals surface area contributed by atoms with Crippen molar-refractivity contribution in [2.24, 2.45) is 5.73 Å². The monoisotopic (exact) mass is 383 g/mol. The minimum atomic E-state index is -1.10. The van der Waals surface area contributed by atoms with Crippen LogP contribution in [0, 0.1) is 5.82 Å². The molecule has 28 heavy (non-hydrogen) atoms. The van der Waals surface area contributed by atoms with Gasteiger partial charge in [0.15, 0.2) is 6.10 Å². The van der Waals surface area contributed by atoms with Crippen LogP contribution in [-0.2, 0) is 9.53 Å². The Morgan fingerprint density at radius 3 is 2.54 bits per heavy atom. The van der Waals surface area contributed by atoms with E-state index < -0.39 is 18.0 Å². The summed E-state index contributed by atoms with van der Waals surface area (Å²) in [6.45, 7) is 1.38. The van der Waals surface area contributed by atoms with E-state index in [0.29, 0.717) is 22.7 Å². The number of ether oxygens (including phenoxy) is 2. The molecule has 0 fully saturated rings. The van der Waals surface area contributed by atoms with Crippen LogP contribution in [0.4, 0.5) is 4.39 Å². The second-order valence-corrected chi connectivity index (χ2v) is 5.99. The number of primary amides is 1. The van der Waals surface area contributed by atoms with Crippen molar-refractivity contribution < 1.29 is 23.5 Å². The van der Waals surface area contributed by atoms with Gasteiger partial charge in [-0.15, -0.1) is 0 Å². The minimum absolute atomic E-state index is 0.130. The smallest absolute Gasteiger partial charge is 0.342 e. The van der Waals surface area contributed by atoms with Gasteiger partial charge in [-0.1, -0.05) is 12.1 Å². The molecule has 0 aliphatic rings. The number of carbonyl (C=O) groups excluding carboxylic acids is 2. The SMILES string of the molecule is COc1cccc(-c2nn(-c3ccc(F)cc3)cc2C(=O)O[C@@H](C)C(N)=O)c1. The van der Waals surface area contributed by atoms with Crippen LogP contribution < -0.4 is 10.5 Å². The maximum Gasteiger partial charge on any atom is 0.342 e. The first-order valence-electron chi connectivity index (χ1n) is 8.39. The molecule has 1 amide bonds. The highest BCUT2D eigenvalue weighted by Gasteiger charge is 2.23. The number of amides is 1. The molecular formula is C20H18FN3O4. The van der Waals surface area contributed by atoms with Crippen molar-refractivity contribution in [1.82, 2.24) is 9.78 Å². The molecule has 144 valence electrons. The number of hydrogen-bond donors (Lipinski definition) is 1. The van der Waals surface area contributed by atoms with Gasteiger partial charge >= 0.3 is 5.97 Å². The quantitative estimate of drug-likeness (QED) is 0.660. The van der Waals surface area contributed by atoms with E-state index >= 15 is 0 Å². The lowest BCUT2D eigenvalue weighted by atomic mass is 10.1. The zero-order valence-corrected chi connectivity index (χ0v) is 15.3. The van der Waals surface area contributed by atoms with Gasteiger partial charge in [0, 0.05) is 11.8 Å². The number of carbonyl (C=O) groups is 2. The fraction of sp³-hybridized carbons (Fsp3) is 0.150. The molecule has 2 N–H and O–H groups in total. The number of aromatic nitrogens is 2. The molecule has 0 aliphatic heterocycles. The first kappa shape index (κ1) is 19.1. The largest absolute Gasteiger partial charge is 0.497 e. The fourth-order valence-corrected chi connectivity index (χ4v) is 2.52. The number of esters is 1. The van der Waals surface area contributed by atoms with E-state index in [-0.39, 0.29) is 11.4 Å². The van der Waals surface area contributed by atoms with E-state index in [4.69, 9.17) is 15.2 Å². The Morgan fingerprint density at radius 1 is 1.18 bits per heavy atom. The molecule has 0 aliphatic carbocycles. The summed E-state index contributed by atoms with van der Waals surface area (Å²) in [6.07, 6.45) is 0.359. The number of nitrogens with two attached hydrogens (primary N) is 1. The van der Waals surface area contributed by atoms with Crippen molar-refractivity contribution in [2.45, 2.75) is 13.0 Å². The van der Waals surface area contributed by atoms with E-state index in [1.165, 1.54) is 49.2 Å². The molecular weight excluding hydrogens is 365 g/mol. The number of hydrogen-bond acceptors (Lipinski definition) is 5. The topological polar surface area (TPSA) is 96.4 Å². The number of benzene rings is 2. The van der Waals surface area contributed by atoms with Crippen LogP contribution in [0.5, 0.6) is 5.75 Å². The molecule has 0 spiro atoms. The Balaban J connectivity index is 2.08. The highest BCUT2D eigenvalue weighted by atomic mass is 19.1. The lowest BCUT2D eigenvalue weighted by Crippen LogP contribution is -2.30. The summed E-state index contributed by atoms with van der Waals surface area (Å²) in [7, 11) is 1.53. The summed E-state index contributed by atoms with van der Waals surface area (Å²) in [5.74, 6) is -1.32. The Morgan fingerprint density at radius 2 is 1.89 bits per heavy atom. The minimum Gasteiger partial charge on any atom is -0.497 e. The van der Waals surface area contributed by atoms with Gasteiger partial charge in [-0.05, 0) is 43.3 Å². The molecule has 3 rings (SSSR count). The van der Waals surface area contributed by atoms with E-state index in [2.05, 4.69) is 5.10 Å². The van der Waals surface area contributed by atoms with E-state index in [1.807, 2.05) is 0 Å². The molecule has 0 radical (unpaired) electrons. The average molecular weight is 383 g/mol. The molecule has 1 atom stereocenters. The second-order valence-electron chi connectivity index (χ2n) is 5.99. The molecule has 0 bridgehead atoms. The van der Waals surface area contributed by atoms with Crippen LogP contribution >= 0.6 is 0 Å². The number of rotatable bonds is 6. The summed E-state index contributed by atoms with van der Waals surface area (Å²) in [5.41, 5.74) is 6.78. The fourth-order valence-electron chi connectivity index (χ4n) is 2.52. The van der Waals surface area contributed by atoms with Gasteiger partial charge in [-0.3, -0.25) is 4.79 Å². The van der Waals surface area contributed by atoms with Gasteiger partial charge in [0.05, 0.1) is 12.8 Å². The molecule has 3 aromatic rings. The Kier molecular flexibility index (Phi) is 5.39. The predicted octanol–water partition coefficient (Wildman–Crippen LogP) is 2.72. The molecule has 7 nitrogen and oxygen atoms in total. The lowest BCUT2D eigenvalue weighted by Gasteiger charge is -2.09. The van der Waals surface area contributed by atoms with Gasteiger partial charge in [0.2, 0.25) is 0 Å². The van der Waals surface area contributed by atoms with Gasteiger partial charge in [0.25, 0.3) is 5.91 Å². The van der Waals surface area contributed by atoms with Gasteiger partial charge in [0.1, 0.15) is 22.8 Å². The zero-order chi connectivity index (χ0) is 20.3. The van der Waals surface area contributed by atoms with Crippen molar-refractivity contribution in [2.75, 3.05) is 7.11 Å². The van der Waals surface area contributed by atoms with Gasteiger partial charge in [-0.25, -0.2) is 13.9 Å². The Bertz CT molecular complexity index is 1010. The first-order valence-corrected chi connectivity index (χ1v) is 8.39. The zero-order valence-electron chi connectivity index (χ0n) is 15.3. The maximum atomic E-state index is 13.2. The summed E-state index contributed by atoms with van der Waals surface area (Å²) >= 11 is 0. The van der Waals surface area contributed by atoms with Crippen molar-refractivity contribution in [3.05, 3.63) is 66.1 Å². The normalized spacial score (nSPS) is 11.7. The molecule has 0 unspecified atom stereocenters. The van der Waals surface area contributed by atoms with Crippen molar-refractivity contribution in [3.63, 3.8) is 0 Å². The second kappa shape index (κ2) is 7.91. The third-order valence-electron chi connectivity index (χ3n) is 4.05. The number of halogens is 1. The van der Waals surface area contributed by atoms with Crippen LogP contribution in [0.2, 0.25) is 0 Å². The standard InChI is InChI=1S/C20H18FN3O4/c1-12(19(22)25)28-20(26)17-11-24(15-8-6-14(21)7-9-15)23-18(17)13-4-3-5-16(10-13)27-2/h3-12H,1-2H3,(H2,22,25)/t12-/m0/s1. The molecule has 2 aromatic carbocycles. The number of nitrogens with zero attached hydrogens (tertiary/aromatic N) is 2. The van der Waals surface area contributed by atoms with Crippen LogP contribution in [0.15, 0.2) is 54.7 Å². The maximum absolute atomic E-state index is 13.2. The van der Waals surface area contributed by atoms with Crippen LogP contribution in [0.3, 0.4) is 0 Å². The molecule has 0 saturated heterocycles. The van der Waals surface area contributed by atoms with Gasteiger partial charge in [-0.2, -0.15) is 5.10 Å². The van der Waals surface area contributed by atoms with Crippen molar-refractivity contribution in [3.8, 4) is 22.7 Å². The lowest BCUT2D eigenvalue weighted by molar-refractivity contribution is -0.125. The summed E-state index contributed by atoms with van der Waals surface area (Å²) < 4.78 is 25.0. The Hall–Kier alpha value is -3.68. The van der Waals surface area contributed by atoms with E-state index in [1.54, 1.807) is 24.3 Å². The molecule has 1 heterocycles. The van der Waals surface area contributed by atoms with Crippen LogP contribution in [0.1, 0.15) is 17.3 Å². The molecule has 1 aromatic heterocycles. The Labute approximate surface area is 160 Å². The molecule has 0 saturated carbocycles. The first-order chi connectivity index (χ1) is 13.4. The molecule has 8 heteroatoms. The van der Waals surface area contributed by atoms with Crippen LogP contribution in [-0.4, -0.2) is 34.9 Å². The highest BCUT2D eigenvalue weighted by molar-refractivity contribution is 5.97. The average Bonchev–Trinajstić information content (AvgIpc) is 3.14. The predicted molar refractivity (Wildman–Crippen MR) is 99.6 cm³/mol. The van der Waals surface area contributed by atoms with Crippen molar-refractivity contribution in [1.29, 1.82) is 0 Å². The van der Waals surface area contributed by atoms with Crippen LogP contribution in [0.25, 0.3) is 16.9 Å². The third kappa shape index (κ3) is 4.01. The summed E-state index contributed by atoms with van der Waals surface area (Å²) in [6, 6.07) is 12.6. The number of methoxy groups -OCH3 is 1. The van der Waals surface area contributed by atoms with Gasteiger partial charge < -0.3 is 15.2 Å². The van der Waals surface area contributed by atoms with Crippen molar-refractivity contribution >= 4 is 11.9 Å². The summed E-state index contributed by atoms with van der Waals surface area (Å²) in [5, 5.41) is 4.45. The van der Waals surface area contributed by atoms with E-state index in [9.17, 15) is 14.0 Å². The highest BCUT2D eigenvalue weighted by Crippen LogP contribution is 2.27. The third-order valence-corrected chi connectivity index (χ3v) is 4.05. The van der Waals surface area contributed by atoms with E-state index in [0.717, 1.165) is 0 Å². The summed E-state index contributed by atoms with van der Waals surface area (Å²) in [4.78, 5) is 23.9.